The zero-order valence-corrected chi connectivity index (χ0v) is 16.2. The number of rotatable bonds is 6. The molecule has 2 aromatic carbocycles. The van der Waals surface area contributed by atoms with Crippen molar-refractivity contribution in [2.24, 2.45) is 0 Å². The number of nitrogens with one attached hydrogen (secondary N) is 1. The number of aromatic nitrogens is 3. The second-order valence-corrected chi connectivity index (χ2v) is 6.61. The van der Waals surface area contributed by atoms with Gasteiger partial charge in [-0.05, 0) is 35.9 Å². The average molecular weight is 402 g/mol. The van der Waals surface area contributed by atoms with Crippen molar-refractivity contribution in [3.8, 4) is 17.1 Å². The minimum Gasteiger partial charge on any atom is -0.481 e. The van der Waals surface area contributed by atoms with Gasteiger partial charge in [-0.1, -0.05) is 30.3 Å². The maximum absolute atomic E-state index is 13.4. The second-order valence-electron chi connectivity index (χ2n) is 6.61. The molecule has 2 heterocycles. The Kier molecular flexibility index (Phi) is 5.52. The van der Waals surface area contributed by atoms with Crippen molar-refractivity contribution in [1.29, 1.82) is 0 Å². The highest BCUT2D eigenvalue weighted by Gasteiger charge is 2.17. The second kappa shape index (κ2) is 8.57. The molecular weight excluding hydrogens is 383 g/mol. The molecule has 4 rings (SSSR count). The molecular formula is C23H19FN4O2. The molecule has 0 aliphatic rings. The van der Waals surface area contributed by atoms with E-state index in [0.717, 1.165) is 5.56 Å². The number of halogens is 1. The molecule has 2 aromatic heterocycles. The molecule has 0 saturated heterocycles. The molecule has 0 aliphatic carbocycles. The highest BCUT2D eigenvalue weighted by Crippen LogP contribution is 2.28. The van der Waals surface area contributed by atoms with Gasteiger partial charge in [-0.15, -0.1) is 0 Å². The summed E-state index contributed by atoms with van der Waals surface area (Å²) in [6.07, 6.45) is 3.11. The monoisotopic (exact) mass is 402 g/mol. The van der Waals surface area contributed by atoms with Crippen LogP contribution in [-0.2, 0) is 6.54 Å². The summed E-state index contributed by atoms with van der Waals surface area (Å²) in [6, 6.07) is 19.1. The molecule has 7 heteroatoms. The van der Waals surface area contributed by atoms with Crippen LogP contribution >= 0.6 is 0 Å². The molecule has 1 amide bonds. The van der Waals surface area contributed by atoms with Crippen LogP contribution in [0.15, 0.2) is 79.3 Å². The minimum atomic E-state index is -0.336. The van der Waals surface area contributed by atoms with E-state index in [1.165, 1.54) is 25.4 Å². The predicted octanol–water partition coefficient (Wildman–Crippen LogP) is 4.39. The fourth-order valence-corrected chi connectivity index (χ4v) is 3.05. The van der Waals surface area contributed by atoms with Gasteiger partial charge in [0.2, 0.25) is 5.88 Å². The van der Waals surface area contributed by atoms with Crippen molar-refractivity contribution in [3.63, 3.8) is 0 Å². The van der Waals surface area contributed by atoms with Crippen molar-refractivity contribution >= 4 is 11.7 Å². The van der Waals surface area contributed by atoms with Crippen LogP contribution in [0.3, 0.4) is 0 Å². The molecule has 0 spiro atoms. The zero-order chi connectivity index (χ0) is 20.9. The lowest BCUT2D eigenvalue weighted by Gasteiger charge is -2.12. The summed E-state index contributed by atoms with van der Waals surface area (Å²) < 4.78 is 20.3. The van der Waals surface area contributed by atoms with Gasteiger partial charge in [0.15, 0.2) is 0 Å². The number of anilines is 1. The normalized spacial score (nSPS) is 10.6. The molecule has 0 saturated carbocycles. The summed E-state index contributed by atoms with van der Waals surface area (Å²) in [5.74, 6) is 0.277. The Hall–Kier alpha value is -4.00. The van der Waals surface area contributed by atoms with E-state index in [2.05, 4.69) is 15.3 Å². The quantitative estimate of drug-likeness (QED) is 0.519. The topological polar surface area (TPSA) is 69.0 Å². The molecule has 0 radical (unpaired) electrons. The van der Waals surface area contributed by atoms with Gasteiger partial charge in [0, 0.05) is 17.8 Å². The van der Waals surface area contributed by atoms with E-state index in [4.69, 9.17) is 4.74 Å². The fraction of sp³-hybridized carbons (Fsp3) is 0.0870. The third-order valence-corrected chi connectivity index (χ3v) is 4.59. The Balaban J connectivity index is 1.69. The third-order valence-electron chi connectivity index (χ3n) is 4.59. The summed E-state index contributed by atoms with van der Waals surface area (Å²) in [4.78, 5) is 21.4. The van der Waals surface area contributed by atoms with Gasteiger partial charge in [-0.25, -0.2) is 14.4 Å². The van der Waals surface area contributed by atoms with Gasteiger partial charge in [0.25, 0.3) is 5.91 Å². The first kappa shape index (κ1) is 19.3. The molecule has 1 N–H and O–H groups in total. The van der Waals surface area contributed by atoms with Gasteiger partial charge in [0.05, 0.1) is 25.5 Å². The highest BCUT2D eigenvalue weighted by molar-refractivity contribution is 6.05. The van der Waals surface area contributed by atoms with E-state index in [1.807, 2.05) is 34.9 Å². The molecule has 0 atom stereocenters. The smallest absolute Gasteiger partial charge is 0.258 e. The van der Waals surface area contributed by atoms with Crippen molar-refractivity contribution in [2.45, 2.75) is 6.54 Å². The zero-order valence-electron chi connectivity index (χ0n) is 16.2. The van der Waals surface area contributed by atoms with Gasteiger partial charge < -0.3 is 14.6 Å². The maximum Gasteiger partial charge on any atom is 0.258 e. The van der Waals surface area contributed by atoms with Crippen LogP contribution in [0.25, 0.3) is 11.3 Å². The van der Waals surface area contributed by atoms with Gasteiger partial charge in [-0.2, -0.15) is 0 Å². The van der Waals surface area contributed by atoms with Crippen molar-refractivity contribution in [3.05, 3.63) is 96.2 Å². The number of pyridine rings is 1. The van der Waals surface area contributed by atoms with E-state index >= 15 is 0 Å². The van der Waals surface area contributed by atoms with Crippen LogP contribution in [0, 0.1) is 5.82 Å². The van der Waals surface area contributed by atoms with Crippen LogP contribution in [0.2, 0.25) is 0 Å². The number of hydrogen-bond acceptors (Lipinski definition) is 4. The van der Waals surface area contributed by atoms with E-state index in [1.54, 1.807) is 30.6 Å². The Labute approximate surface area is 173 Å². The standard InChI is InChI=1S/C23H19FN4O2/c1-30-20-12-9-18(13-25-20)23(29)27-22-21(17-7-10-19(24)11-8-17)26-15-28(22)14-16-5-3-2-4-6-16/h2-13,15H,14H2,1H3,(H,27,29). The SMILES string of the molecule is COc1ccc(C(=O)Nc2c(-c3ccc(F)cc3)ncn2Cc2ccccc2)cn1. The van der Waals surface area contributed by atoms with Crippen molar-refractivity contribution < 1.29 is 13.9 Å². The van der Waals surface area contributed by atoms with Crippen LogP contribution in [-0.4, -0.2) is 27.6 Å². The number of ether oxygens (including phenoxy) is 1. The molecule has 150 valence electrons. The fourth-order valence-electron chi connectivity index (χ4n) is 3.05. The average Bonchev–Trinajstić information content (AvgIpc) is 3.17. The number of methoxy groups -OCH3 is 1. The number of carbonyl (C=O) groups is 1. The van der Waals surface area contributed by atoms with E-state index in [9.17, 15) is 9.18 Å². The summed E-state index contributed by atoms with van der Waals surface area (Å²) in [7, 11) is 1.51. The summed E-state index contributed by atoms with van der Waals surface area (Å²) in [6.45, 7) is 0.519. The number of amides is 1. The molecule has 30 heavy (non-hydrogen) atoms. The van der Waals surface area contributed by atoms with E-state index < -0.39 is 0 Å². The Bertz CT molecular complexity index is 1140. The molecule has 0 unspecified atom stereocenters. The summed E-state index contributed by atoms with van der Waals surface area (Å²) >= 11 is 0. The van der Waals surface area contributed by atoms with Crippen LogP contribution in [0.5, 0.6) is 5.88 Å². The Morgan fingerprint density at radius 2 is 1.80 bits per heavy atom. The van der Waals surface area contributed by atoms with Crippen LogP contribution < -0.4 is 10.1 Å². The lowest BCUT2D eigenvalue weighted by Crippen LogP contribution is -2.16. The predicted molar refractivity (Wildman–Crippen MR) is 112 cm³/mol. The third kappa shape index (κ3) is 4.20. The van der Waals surface area contributed by atoms with Crippen molar-refractivity contribution in [1.82, 2.24) is 14.5 Å². The number of nitrogens with zero attached hydrogens (tertiary/aromatic N) is 3. The first-order valence-electron chi connectivity index (χ1n) is 9.30. The first-order chi connectivity index (χ1) is 14.6. The lowest BCUT2D eigenvalue weighted by atomic mass is 10.1. The molecule has 4 aromatic rings. The van der Waals surface area contributed by atoms with E-state index in [0.29, 0.717) is 35.1 Å². The molecule has 0 aliphatic heterocycles. The van der Waals surface area contributed by atoms with Gasteiger partial charge in [-0.3, -0.25) is 4.79 Å². The lowest BCUT2D eigenvalue weighted by molar-refractivity contribution is 0.102. The van der Waals surface area contributed by atoms with E-state index in [-0.39, 0.29) is 11.7 Å². The Morgan fingerprint density at radius 1 is 1.03 bits per heavy atom. The van der Waals surface area contributed by atoms with Crippen LogP contribution in [0.4, 0.5) is 10.2 Å². The molecule has 6 nitrogen and oxygen atoms in total. The summed E-state index contributed by atoms with van der Waals surface area (Å²) in [5, 5.41) is 2.93. The number of hydrogen-bond donors (Lipinski definition) is 1. The number of benzene rings is 2. The largest absolute Gasteiger partial charge is 0.481 e. The van der Waals surface area contributed by atoms with Crippen LogP contribution in [0.1, 0.15) is 15.9 Å². The minimum absolute atomic E-state index is 0.330. The Morgan fingerprint density at radius 3 is 2.47 bits per heavy atom. The van der Waals surface area contributed by atoms with Crippen molar-refractivity contribution in [2.75, 3.05) is 12.4 Å². The molecule has 0 bridgehead atoms. The van der Waals surface area contributed by atoms with Gasteiger partial charge >= 0.3 is 0 Å². The summed E-state index contributed by atoms with van der Waals surface area (Å²) in [5.41, 5.74) is 2.70. The highest BCUT2D eigenvalue weighted by atomic mass is 19.1. The van der Waals surface area contributed by atoms with Gasteiger partial charge in [0.1, 0.15) is 17.3 Å². The molecule has 0 fully saturated rings. The first-order valence-corrected chi connectivity index (χ1v) is 9.30. The number of imidazole rings is 1. The number of carbonyl (C=O) groups excluding carboxylic acids is 1. The maximum atomic E-state index is 13.4.